The number of aromatic nitrogens is 2. The van der Waals surface area contributed by atoms with Crippen LogP contribution in [0.4, 0.5) is 0 Å². The summed E-state index contributed by atoms with van der Waals surface area (Å²) in [5.74, 6) is 0.714. The van der Waals surface area contributed by atoms with Crippen LogP contribution in [0.25, 0.3) is 27.2 Å². The highest BCUT2D eigenvalue weighted by Crippen LogP contribution is 2.40. The van der Waals surface area contributed by atoms with Crippen LogP contribution in [0, 0.1) is 0 Å². The van der Waals surface area contributed by atoms with Gasteiger partial charge in [-0.1, -0.05) is 42.5 Å². The van der Waals surface area contributed by atoms with Crippen LogP contribution in [0.5, 0.6) is 5.75 Å². The molecule has 0 amide bonds. The second kappa shape index (κ2) is 8.64. The fourth-order valence-electron chi connectivity index (χ4n) is 4.95. The van der Waals surface area contributed by atoms with E-state index in [1.807, 2.05) is 74.6 Å². The minimum Gasteiger partial charge on any atom is -0.478 e. The third kappa shape index (κ3) is 3.81. The summed E-state index contributed by atoms with van der Waals surface area (Å²) >= 11 is 0. The number of benzene rings is 4. The van der Waals surface area contributed by atoms with Crippen molar-refractivity contribution in [2.75, 3.05) is 6.61 Å². The smallest absolute Gasteiger partial charge is 0.314 e. The fraction of sp³-hybridized carbons (Fsp3) is 0.167. The lowest BCUT2D eigenvalue weighted by Gasteiger charge is -2.22. The Labute approximate surface area is 208 Å². The van der Waals surface area contributed by atoms with Gasteiger partial charge in [-0.3, -0.25) is 4.79 Å². The molecule has 1 aliphatic rings. The van der Waals surface area contributed by atoms with Crippen molar-refractivity contribution in [3.05, 3.63) is 102 Å². The molecule has 1 atom stereocenters. The molecule has 0 fully saturated rings. The minimum absolute atomic E-state index is 0.0761. The van der Waals surface area contributed by atoms with E-state index in [1.165, 1.54) is 0 Å². The molecule has 178 valence electrons. The number of nitrogens with zero attached hydrogens (tertiary/aromatic N) is 3. The van der Waals surface area contributed by atoms with Crippen molar-refractivity contribution >= 4 is 33.4 Å². The first-order valence-electron chi connectivity index (χ1n) is 12.0. The van der Waals surface area contributed by atoms with E-state index in [9.17, 15) is 4.79 Å². The maximum absolute atomic E-state index is 13.2. The molecule has 1 aliphatic heterocycles. The van der Waals surface area contributed by atoms with Crippen LogP contribution in [-0.2, 0) is 15.1 Å². The molecular formula is C30H25N3O3. The standard InChI is InChI=1S/C30H25N3O3/c1-3-35-29-25-14-12-22(33-16-6-15-31-33)17-27(25)30(2,32-29)19-28(34)36-23-13-11-21-10-9-20-7-4-5-8-24(20)26(21)18-23/h4-18H,3,19H2,1-2H3. The summed E-state index contributed by atoms with van der Waals surface area (Å²) < 4.78 is 13.5. The number of ether oxygens (including phenoxy) is 2. The summed E-state index contributed by atoms with van der Waals surface area (Å²) in [6, 6.07) is 26.0. The lowest BCUT2D eigenvalue weighted by Crippen LogP contribution is -2.24. The van der Waals surface area contributed by atoms with E-state index in [0.29, 0.717) is 18.3 Å². The first kappa shape index (κ1) is 22.0. The molecule has 1 unspecified atom stereocenters. The van der Waals surface area contributed by atoms with Gasteiger partial charge in [0.15, 0.2) is 0 Å². The molecule has 0 saturated carbocycles. The van der Waals surface area contributed by atoms with Crippen LogP contribution in [0.15, 0.2) is 96.2 Å². The lowest BCUT2D eigenvalue weighted by atomic mass is 9.88. The zero-order valence-electron chi connectivity index (χ0n) is 20.1. The summed E-state index contributed by atoms with van der Waals surface area (Å²) in [4.78, 5) is 18.0. The molecule has 6 heteroatoms. The maximum atomic E-state index is 13.2. The molecular weight excluding hydrogens is 450 g/mol. The summed E-state index contributed by atoms with van der Waals surface area (Å²) in [5.41, 5.74) is 1.89. The number of fused-ring (bicyclic) bond motifs is 4. The molecule has 0 spiro atoms. The predicted octanol–water partition coefficient (Wildman–Crippen LogP) is 6.19. The van der Waals surface area contributed by atoms with Gasteiger partial charge in [0.25, 0.3) is 0 Å². The van der Waals surface area contributed by atoms with Crippen LogP contribution in [0.1, 0.15) is 31.4 Å². The Morgan fingerprint density at radius 3 is 2.56 bits per heavy atom. The quantitative estimate of drug-likeness (QED) is 0.173. The molecule has 4 aromatic carbocycles. The van der Waals surface area contributed by atoms with Crippen molar-refractivity contribution in [1.29, 1.82) is 0 Å². The highest BCUT2D eigenvalue weighted by atomic mass is 16.5. The Hall–Kier alpha value is -4.45. The Morgan fingerprint density at radius 1 is 0.944 bits per heavy atom. The number of hydrogen-bond donors (Lipinski definition) is 0. The van der Waals surface area contributed by atoms with E-state index < -0.39 is 5.54 Å². The van der Waals surface area contributed by atoms with Gasteiger partial charge in [0.05, 0.1) is 24.3 Å². The Bertz CT molecular complexity index is 1640. The van der Waals surface area contributed by atoms with E-state index in [4.69, 9.17) is 14.5 Å². The van der Waals surface area contributed by atoms with Gasteiger partial charge in [-0.25, -0.2) is 9.67 Å². The van der Waals surface area contributed by atoms with Crippen molar-refractivity contribution in [3.63, 3.8) is 0 Å². The van der Waals surface area contributed by atoms with E-state index in [2.05, 4.69) is 29.4 Å². The Morgan fingerprint density at radius 2 is 1.75 bits per heavy atom. The van der Waals surface area contributed by atoms with Gasteiger partial charge < -0.3 is 9.47 Å². The number of aliphatic imine (C=N–C) groups is 1. The van der Waals surface area contributed by atoms with Gasteiger partial charge in [0.1, 0.15) is 5.75 Å². The monoisotopic (exact) mass is 475 g/mol. The van der Waals surface area contributed by atoms with Crippen LogP contribution in [0.2, 0.25) is 0 Å². The molecule has 6 rings (SSSR count). The van der Waals surface area contributed by atoms with Crippen molar-refractivity contribution in [2.24, 2.45) is 4.99 Å². The summed E-state index contributed by atoms with van der Waals surface area (Å²) in [7, 11) is 0. The van der Waals surface area contributed by atoms with E-state index >= 15 is 0 Å². The van der Waals surface area contributed by atoms with Crippen molar-refractivity contribution in [2.45, 2.75) is 25.8 Å². The van der Waals surface area contributed by atoms with Gasteiger partial charge in [0.2, 0.25) is 5.90 Å². The Kier molecular flexibility index (Phi) is 5.29. The van der Waals surface area contributed by atoms with Crippen LogP contribution in [-0.4, -0.2) is 28.3 Å². The van der Waals surface area contributed by atoms with Gasteiger partial charge in [-0.15, -0.1) is 0 Å². The number of esters is 1. The SMILES string of the molecule is CCOC1=NC(C)(CC(=O)Oc2ccc3ccc4ccccc4c3c2)c2cc(-n3cccn3)ccc21. The molecule has 1 aromatic heterocycles. The van der Waals surface area contributed by atoms with Crippen molar-refractivity contribution < 1.29 is 14.3 Å². The lowest BCUT2D eigenvalue weighted by molar-refractivity contribution is -0.135. The molecule has 6 nitrogen and oxygen atoms in total. The highest BCUT2D eigenvalue weighted by Gasteiger charge is 2.39. The van der Waals surface area contributed by atoms with E-state index in [0.717, 1.165) is 38.4 Å². The summed E-state index contributed by atoms with van der Waals surface area (Å²) in [5, 5.41) is 8.76. The molecule has 0 saturated heterocycles. The van der Waals surface area contributed by atoms with Crippen molar-refractivity contribution in [3.8, 4) is 11.4 Å². The zero-order valence-corrected chi connectivity index (χ0v) is 20.1. The highest BCUT2D eigenvalue weighted by molar-refractivity contribution is 6.08. The molecule has 5 aromatic rings. The molecule has 0 radical (unpaired) electrons. The molecule has 36 heavy (non-hydrogen) atoms. The number of carbonyl (C=O) groups is 1. The average Bonchev–Trinajstić information content (AvgIpc) is 3.51. The summed E-state index contributed by atoms with van der Waals surface area (Å²) in [6.07, 6.45) is 3.70. The van der Waals surface area contributed by atoms with E-state index in [-0.39, 0.29) is 12.4 Å². The maximum Gasteiger partial charge on any atom is 0.314 e. The van der Waals surface area contributed by atoms with Gasteiger partial charge >= 0.3 is 5.97 Å². The second-order valence-electron chi connectivity index (χ2n) is 9.12. The van der Waals surface area contributed by atoms with Crippen LogP contribution >= 0.6 is 0 Å². The van der Waals surface area contributed by atoms with Crippen LogP contribution < -0.4 is 4.74 Å². The molecule has 0 aliphatic carbocycles. The average molecular weight is 476 g/mol. The minimum atomic E-state index is -0.816. The van der Waals surface area contributed by atoms with Gasteiger partial charge in [0, 0.05) is 18.0 Å². The molecule has 2 heterocycles. The van der Waals surface area contributed by atoms with Crippen molar-refractivity contribution in [1.82, 2.24) is 9.78 Å². The predicted molar refractivity (Wildman–Crippen MR) is 141 cm³/mol. The normalized spacial score (nSPS) is 16.7. The van der Waals surface area contributed by atoms with Gasteiger partial charge in [-0.05, 0) is 77.4 Å². The molecule has 0 N–H and O–H groups in total. The third-order valence-electron chi connectivity index (χ3n) is 6.65. The number of rotatable bonds is 5. The number of hydrogen-bond acceptors (Lipinski definition) is 5. The Balaban J connectivity index is 1.31. The summed E-state index contributed by atoms with van der Waals surface area (Å²) in [6.45, 7) is 4.36. The first-order valence-corrected chi connectivity index (χ1v) is 12.0. The zero-order chi connectivity index (χ0) is 24.7. The van der Waals surface area contributed by atoms with E-state index in [1.54, 1.807) is 10.9 Å². The fourth-order valence-corrected chi connectivity index (χ4v) is 4.95. The van der Waals surface area contributed by atoms with Gasteiger partial charge in [-0.2, -0.15) is 5.10 Å². The first-order chi connectivity index (χ1) is 17.5. The largest absolute Gasteiger partial charge is 0.478 e. The van der Waals surface area contributed by atoms with Crippen LogP contribution in [0.3, 0.4) is 0 Å². The molecule has 0 bridgehead atoms. The topological polar surface area (TPSA) is 65.7 Å². The second-order valence-corrected chi connectivity index (χ2v) is 9.12. The third-order valence-corrected chi connectivity index (χ3v) is 6.65. The number of carbonyl (C=O) groups excluding carboxylic acids is 1.